The molecule has 1 N–H and O–H groups in total. The average Bonchev–Trinajstić information content (AvgIpc) is 2.44. The third-order valence-electron chi connectivity index (χ3n) is 3.21. The zero-order valence-corrected chi connectivity index (χ0v) is 10.8. The minimum atomic E-state index is -0.500. The van der Waals surface area contributed by atoms with E-state index in [4.69, 9.17) is 0 Å². The summed E-state index contributed by atoms with van der Waals surface area (Å²) in [5.74, 6) is -1.55. The molecule has 0 aliphatic rings. The van der Waals surface area contributed by atoms with Crippen LogP contribution in [0.2, 0.25) is 0 Å². The van der Waals surface area contributed by atoms with Gasteiger partial charge < -0.3 is 5.11 Å². The number of aliphatic hydroxyl groups excluding tert-OH is 1. The topological polar surface area (TPSA) is 20.2 Å². The van der Waals surface area contributed by atoms with Gasteiger partial charge in [-0.3, -0.25) is 0 Å². The van der Waals surface area contributed by atoms with Gasteiger partial charge in [-0.15, -0.1) is 0 Å². The zero-order valence-electron chi connectivity index (χ0n) is 10.8. The smallest absolute Gasteiger partial charge is 0.126 e. The second kappa shape index (κ2) is 6.57. The molecular formula is C16H15F3O. The van der Waals surface area contributed by atoms with Crippen molar-refractivity contribution in [2.45, 2.75) is 12.8 Å². The summed E-state index contributed by atoms with van der Waals surface area (Å²) in [6.07, 6.45) is 0.713. The number of rotatable bonds is 5. The van der Waals surface area contributed by atoms with Crippen molar-refractivity contribution in [1.29, 1.82) is 0 Å². The van der Waals surface area contributed by atoms with Gasteiger partial charge in [0.1, 0.15) is 17.5 Å². The Balaban J connectivity index is 2.08. The molecule has 106 valence electrons. The van der Waals surface area contributed by atoms with Crippen molar-refractivity contribution < 1.29 is 18.3 Å². The van der Waals surface area contributed by atoms with Crippen molar-refractivity contribution in [2.75, 3.05) is 6.61 Å². The number of aliphatic hydroxyl groups is 1. The standard InChI is InChI=1S/C16H15F3O/c17-14-3-1-11(2-4-14)7-12(10-20)8-13-9-15(18)5-6-16(13)19/h1-6,9,12,20H,7-8,10H2. The Morgan fingerprint density at radius 3 is 2.15 bits per heavy atom. The first kappa shape index (κ1) is 14.6. The molecule has 0 spiro atoms. The quantitative estimate of drug-likeness (QED) is 0.888. The van der Waals surface area contributed by atoms with Crippen LogP contribution in [0.4, 0.5) is 13.2 Å². The molecule has 2 rings (SSSR count). The first-order valence-corrected chi connectivity index (χ1v) is 6.37. The van der Waals surface area contributed by atoms with E-state index in [9.17, 15) is 18.3 Å². The van der Waals surface area contributed by atoms with Crippen LogP contribution in [0.5, 0.6) is 0 Å². The monoisotopic (exact) mass is 280 g/mol. The highest BCUT2D eigenvalue weighted by atomic mass is 19.1. The highest BCUT2D eigenvalue weighted by molar-refractivity contribution is 5.21. The molecule has 4 heteroatoms. The first-order valence-electron chi connectivity index (χ1n) is 6.37. The summed E-state index contributed by atoms with van der Waals surface area (Å²) in [6, 6.07) is 9.21. The van der Waals surface area contributed by atoms with E-state index >= 15 is 0 Å². The maximum atomic E-state index is 13.6. The van der Waals surface area contributed by atoms with Crippen molar-refractivity contribution >= 4 is 0 Å². The molecule has 0 amide bonds. The van der Waals surface area contributed by atoms with E-state index in [0.29, 0.717) is 6.42 Å². The predicted octanol–water partition coefficient (Wildman–Crippen LogP) is 3.50. The molecule has 1 atom stereocenters. The number of benzene rings is 2. The van der Waals surface area contributed by atoms with Crippen molar-refractivity contribution in [3.05, 3.63) is 71.0 Å². The molecule has 2 aromatic carbocycles. The lowest BCUT2D eigenvalue weighted by Gasteiger charge is -2.15. The van der Waals surface area contributed by atoms with Gasteiger partial charge in [-0.1, -0.05) is 12.1 Å². The van der Waals surface area contributed by atoms with E-state index in [-0.39, 0.29) is 30.3 Å². The Labute approximate surface area is 115 Å². The van der Waals surface area contributed by atoms with Crippen molar-refractivity contribution in [3.8, 4) is 0 Å². The lowest BCUT2D eigenvalue weighted by molar-refractivity contribution is 0.224. The highest BCUT2D eigenvalue weighted by Crippen LogP contribution is 2.18. The molecule has 1 unspecified atom stereocenters. The molecule has 0 fully saturated rings. The van der Waals surface area contributed by atoms with Gasteiger partial charge in [0.2, 0.25) is 0 Å². The minimum absolute atomic E-state index is 0.146. The van der Waals surface area contributed by atoms with Gasteiger partial charge in [0, 0.05) is 6.61 Å². The Morgan fingerprint density at radius 2 is 1.50 bits per heavy atom. The third kappa shape index (κ3) is 3.84. The van der Waals surface area contributed by atoms with Crippen LogP contribution in [-0.2, 0) is 12.8 Å². The average molecular weight is 280 g/mol. The Morgan fingerprint density at radius 1 is 0.850 bits per heavy atom. The summed E-state index contributed by atoms with van der Waals surface area (Å²) < 4.78 is 39.5. The molecule has 2 aromatic rings. The fraction of sp³-hybridized carbons (Fsp3) is 0.250. The Kier molecular flexibility index (Phi) is 4.79. The van der Waals surface area contributed by atoms with Crippen LogP contribution in [0.25, 0.3) is 0 Å². The fourth-order valence-electron chi connectivity index (χ4n) is 2.17. The first-order chi connectivity index (χ1) is 9.58. The second-order valence-electron chi connectivity index (χ2n) is 4.82. The molecule has 20 heavy (non-hydrogen) atoms. The maximum Gasteiger partial charge on any atom is 0.126 e. The summed E-state index contributed by atoms with van der Waals surface area (Å²) in [5, 5.41) is 9.37. The molecule has 0 bridgehead atoms. The van der Waals surface area contributed by atoms with Gasteiger partial charge in [-0.25, -0.2) is 13.2 Å². The summed E-state index contributed by atoms with van der Waals surface area (Å²) in [7, 11) is 0. The summed E-state index contributed by atoms with van der Waals surface area (Å²) in [5.41, 5.74) is 1.09. The highest BCUT2D eigenvalue weighted by Gasteiger charge is 2.13. The number of hydrogen-bond donors (Lipinski definition) is 1. The second-order valence-corrected chi connectivity index (χ2v) is 4.82. The molecule has 0 aliphatic carbocycles. The molecule has 0 aliphatic heterocycles. The summed E-state index contributed by atoms with van der Waals surface area (Å²) in [6.45, 7) is -0.146. The largest absolute Gasteiger partial charge is 0.396 e. The van der Waals surface area contributed by atoms with Crippen molar-refractivity contribution in [2.24, 2.45) is 5.92 Å². The van der Waals surface area contributed by atoms with Crippen LogP contribution in [0.3, 0.4) is 0 Å². The number of hydrogen-bond acceptors (Lipinski definition) is 1. The summed E-state index contributed by atoms with van der Waals surface area (Å²) in [4.78, 5) is 0. The lowest BCUT2D eigenvalue weighted by Crippen LogP contribution is -2.14. The van der Waals surface area contributed by atoms with E-state index in [2.05, 4.69) is 0 Å². The Hall–Kier alpha value is -1.81. The van der Waals surface area contributed by atoms with Gasteiger partial charge in [0.05, 0.1) is 0 Å². The van der Waals surface area contributed by atoms with Crippen LogP contribution in [0.15, 0.2) is 42.5 Å². The molecular weight excluding hydrogens is 265 g/mol. The van der Waals surface area contributed by atoms with E-state index in [1.165, 1.54) is 12.1 Å². The van der Waals surface area contributed by atoms with Gasteiger partial charge >= 0.3 is 0 Å². The molecule has 1 nitrogen and oxygen atoms in total. The minimum Gasteiger partial charge on any atom is -0.396 e. The zero-order chi connectivity index (χ0) is 14.5. The van der Waals surface area contributed by atoms with Crippen molar-refractivity contribution in [1.82, 2.24) is 0 Å². The molecule has 0 radical (unpaired) electrons. The number of halogens is 3. The normalized spacial score (nSPS) is 12.4. The molecule has 0 saturated heterocycles. The molecule has 0 heterocycles. The maximum absolute atomic E-state index is 13.6. The van der Waals surface area contributed by atoms with Crippen LogP contribution in [-0.4, -0.2) is 11.7 Å². The predicted molar refractivity (Wildman–Crippen MR) is 70.7 cm³/mol. The van der Waals surface area contributed by atoms with E-state index in [0.717, 1.165) is 23.8 Å². The third-order valence-corrected chi connectivity index (χ3v) is 3.21. The van der Waals surface area contributed by atoms with Gasteiger partial charge in [-0.05, 0) is 60.2 Å². The molecule has 0 aromatic heterocycles. The van der Waals surface area contributed by atoms with Gasteiger partial charge in [-0.2, -0.15) is 0 Å². The van der Waals surface area contributed by atoms with Gasteiger partial charge in [0.15, 0.2) is 0 Å². The van der Waals surface area contributed by atoms with Crippen molar-refractivity contribution in [3.63, 3.8) is 0 Å². The molecule has 0 saturated carbocycles. The van der Waals surface area contributed by atoms with Crippen LogP contribution in [0, 0.1) is 23.4 Å². The van der Waals surface area contributed by atoms with E-state index in [1.807, 2.05) is 0 Å². The summed E-state index contributed by atoms with van der Waals surface area (Å²) >= 11 is 0. The SMILES string of the molecule is OCC(Cc1ccc(F)cc1)Cc1cc(F)ccc1F. The van der Waals surface area contributed by atoms with Crippen LogP contribution < -0.4 is 0 Å². The van der Waals surface area contributed by atoms with Crippen LogP contribution in [0.1, 0.15) is 11.1 Å². The van der Waals surface area contributed by atoms with Gasteiger partial charge in [0.25, 0.3) is 0 Å². The lowest BCUT2D eigenvalue weighted by atomic mass is 9.93. The van der Waals surface area contributed by atoms with E-state index in [1.54, 1.807) is 12.1 Å². The van der Waals surface area contributed by atoms with E-state index < -0.39 is 11.6 Å². The fourth-order valence-corrected chi connectivity index (χ4v) is 2.17. The van der Waals surface area contributed by atoms with Crippen LogP contribution >= 0.6 is 0 Å². The Bertz CT molecular complexity index is 566.